The van der Waals surface area contributed by atoms with Gasteiger partial charge >= 0.3 is 0 Å². The predicted octanol–water partition coefficient (Wildman–Crippen LogP) is 2.29. The number of pyridine rings is 1. The zero-order valence-corrected chi connectivity index (χ0v) is 14.2. The Bertz CT molecular complexity index is 716. The SMILES string of the molecule is CC(C(=O)Nc1ccc(C(N)=O)cc1)N(C)Cc1ccc(Cl)nc1. The molecule has 0 aliphatic heterocycles. The van der Waals surface area contributed by atoms with Crippen LogP contribution in [0.3, 0.4) is 0 Å². The second-order valence-corrected chi connectivity index (χ2v) is 5.90. The molecule has 6 nitrogen and oxygen atoms in total. The van der Waals surface area contributed by atoms with Gasteiger partial charge in [0.05, 0.1) is 6.04 Å². The van der Waals surface area contributed by atoms with Crippen molar-refractivity contribution in [3.05, 3.63) is 58.9 Å². The summed E-state index contributed by atoms with van der Waals surface area (Å²) in [7, 11) is 1.86. The number of rotatable bonds is 6. The number of carbonyl (C=O) groups is 2. The van der Waals surface area contributed by atoms with Gasteiger partial charge in [-0.1, -0.05) is 17.7 Å². The van der Waals surface area contributed by atoms with Crippen LogP contribution in [0.1, 0.15) is 22.8 Å². The van der Waals surface area contributed by atoms with Gasteiger partial charge in [-0.25, -0.2) is 4.98 Å². The minimum Gasteiger partial charge on any atom is -0.366 e. The van der Waals surface area contributed by atoms with Gasteiger partial charge in [-0.2, -0.15) is 0 Å². The van der Waals surface area contributed by atoms with Crippen LogP contribution in [0.25, 0.3) is 0 Å². The van der Waals surface area contributed by atoms with E-state index in [0.717, 1.165) is 5.56 Å². The lowest BCUT2D eigenvalue weighted by Gasteiger charge is -2.23. The van der Waals surface area contributed by atoms with E-state index in [1.54, 1.807) is 36.5 Å². The average molecular weight is 347 g/mol. The van der Waals surface area contributed by atoms with E-state index in [-0.39, 0.29) is 11.9 Å². The van der Waals surface area contributed by atoms with Gasteiger partial charge in [-0.05, 0) is 49.9 Å². The van der Waals surface area contributed by atoms with E-state index in [4.69, 9.17) is 17.3 Å². The molecular formula is C17H19ClN4O2. The molecule has 0 fully saturated rings. The summed E-state index contributed by atoms with van der Waals surface area (Å²) in [5.74, 6) is -0.649. The summed E-state index contributed by atoms with van der Waals surface area (Å²) < 4.78 is 0. The molecule has 2 amide bonds. The minimum atomic E-state index is -0.502. The third-order valence-corrected chi connectivity index (χ3v) is 3.92. The van der Waals surface area contributed by atoms with E-state index in [2.05, 4.69) is 10.3 Å². The van der Waals surface area contributed by atoms with E-state index < -0.39 is 5.91 Å². The van der Waals surface area contributed by atoms with Gasteiger partial charge < -0.3 is 11.1 Å². The van der Waals surface area contributed by atoms with Crippen LogP contribution in [0.5, 0.6) is 0 Å². The Kier molecular flexibility index (Phi) is 5.89. The third-order valence-electron chi connectivity index (χ3n) is 3.70. The first-order valence-corrected chi connectivity index (χ1v) is 7.76. The Morgan fingerprint density at radius 2 is 1.92 bits per heavy atom. The molecule has 0 saturated heterocycles. The van der Waals surface area contributed by atoms with Crippen LogP contribution < -0.4 is 11.1 Å². The Morgan fingerprint density at radius 3 is 2.46 bits per heavy atom. The summed E-state index contributed by atoms with van der Waals surface area (Å²) in [5.41, 5.74) is 7.16. The van der Waals surface area contributed by atoms with Crippen molar-refractivity contribution in [1.82, 2.24) is 9.88 Å². The number of anilines is 1. The van der Waals surface area contributed by atoms with Gasteiger partial charge in [-0.3, -0.25) is 14.5 Å². The number of hydrogen-bond donors (Lipinski definition) is 2. The van der Waals surface area contributed by atoms with E-state index in [9.17, 15) is 9.59 Å². The third kappa shape index (κ3) is 4.78. The maximum atomic E-state index is 12.3. The topological polar surface area (TPSA) is 88.3 Å². The largest absolute Gasteiger partial charge is 0.366 e. The molecule has 0 aliphatic rings. The smallest absolute Gasteiger partial charge is 0.248 e. The number of hydrogen-bond acceptors (Lipinski definition) is 4. The van der Waals surface area contributed by atoms with Gasteiger partial charge in [0.1, 0.15) is 5.15 Å². The maximum Gasteiger partial charge on any atom is 0.248 e. The summed E-state index contributed by atoms with van der Waals surface area (Å²) in [6.07, 6.45) is 1.69. The van der Waals surface area contributed by atoms with Crippen LogP contribution in [0.4, 0.5) is 5.69 Å². The molecule has 1 atom stereocenters. The van der Waals surface area contributed by atoms with E-state index in [0.29, 0.717) is 22.9 Å². The van der Waals surface area contributed by atoms with E-state index >= 15 is 0 Å². The molecule has 0 spiro atoms. The van der Waals surface area contributed by atoms with Crippen molar-refractivity contribution in [3.8, 4) is 0 Å². The molecule has 0 saturated carbocycles. The average Bonchev–Trinajstić information content (AvgIpc) is 2.56. The number of amides is 2. The summed E-state index contributed by atoms with van der Waals surface area (Å²) in [4.78, 5) is 29.3. The van der Waals surface area contributed by atoms with Crippen molar-refractivity contribution in [1.29, 1.82) is 0 Å². The normalized spacial score (nSPS) is 12.0. The van der Waals surface area contributed by atoms with Crippen molar-refractivity contribution in [2.24, 2.45) is 5.73 Å². The van der Waals surface area contributed by atoms with Crippen LogP contribution in [-0.4, -0.2) is 34.8 Å². The van der Waals surface area contributed by atoms with Crippen molar-refractivity contribution < 1.29 is 9.59 Å². The molecule has 7 heteroatoms. The number of likely N-dealkylation sites (N-methyl/N-ethyl adjacent to an activating group) is 1. The Labute approximate surface area is 145 Å². The molecule has 3 N–H and O–H groups in total. The fraction of sp³-hybridized carbons (Fsp3) is 0.235. The molecule has 0 radical (unpaired) electrons. The fourth-order valence-electron chi connectivity index (χ4n) is 2.09. The Hall–Kier alpha value is -2.44. The first kappa shape index (κ1) is 17.9. The van der Waals surface area contributed by atoms with Crippen LogP contribution in [0.15, 0.2) is 42.6 Å². The fourth-order valence-corrected chi connectivity index (χ4v) is 2.20. The molecule has 0 aliphatic carbocycles. The van der Waals surface area contributed by atoms with Crippen molar-refractivity contribution in [3.63, 3.8) is 0 Å². The Morgan fingerprint density at radius 1 is 1.25 bits per heavy atom. The van der Waals surface area contributed by atoms with Crippen molar-refractivity contribution in [2.75, 3.05) is 12.4 Å². The van der Waals surface area contributed by atoms with Gasteiger partial charge in [-0.15, -0.1) is 0 Å². The number of benzene rings is 1. The summed E-state index contributed by atoms with van der Waals surface area (Å²) >= 11 is 5.76. The second-order valence-electron chi connectivity index (χ2n) is 5.51. The zero-order valence-electron chi connectivity index (χ0n) is 13.5. The van der Waals surface area contributed by atoms with Gasteiger partial charge in [0.25, 0.3) is 0 Å². The number of halogens is 1. The lowest BCUT2D eigenvalue weighted by molar-refractivity contribution is -0.120. The number of nitrogens with zero attached hydrogens (tertiary/aromatic N) is 2. The number of nitrogens with two attached hydrogens (primary N) is 1. The highest BCUT2D eigenvalue weighted by Crippen LogP contribution is 2.12. The monoisotopic (exact) mass is 346 g/mol. The summed E-state index contributed by atoms with van der Waals surface area (Å²) in [5, 5.41) is 3.25. The van der Waals surface area contributed by atoms with E-state index in [1.807, 2.05) is 24.9 Å². The quantitative estimate of drug-likeness (QED) is 0.785. The first-order valence-electron chi connectivity index (χ1n) is 7.38. The number of primary amides is 1. The highest BCUT2D eigenvalue weighted by molar-refractivity contribution is 6.29. The lowest BCUT2D eigenvalue weighted by Crippen LogP contribution is -2.39. The van der Waals surface area contributed by atoms with Gasteiger partial charge in [0.2, 0.25) is 11.8 Å². The summed E-state index contributed by atoms with van der Waals surface area (Å²) in [6.45, 7) is 2.38. The van der Waals surface area contributed by atoms with Crippen LogP contribution in [-0.2, 0) is 11.3 Å². The molecule has 1 aromatic heterocycles. The van der Waals surface area contributed by atoms with Crippen molar-refractivity contribution in [2.45, 2.75) is 19.5 Å². The molecule has 0 bridgehead atoms. The molecule has 2 rings (SSSR count). The zero-order chi connectivity index (χ0) is 17.7. The van der Waals surface area contributed by atoms with Crippen LogP contribution in [0, 0.1) is 0 Å². The molecule has 2 aromatic rings. The van der Waals surface area contributed by atoms with Gasteiger partial charge in [0.15, 0.2) is 0 Å². The molecular weight excluding hydrogens is 328 g/mol. The van der Waals surface area contributed by atoms with E-state index in [1.165, 1.54) is 0 Å². The summed E-state index contributed by atoms with van der Waals surface area (Å²) in [6, 6.07) is 9.69. The second kappa shape index (κ2) is 7.90. The van der Waals surface area contributed by atoms with Crippen LogP contribution in [0.2, 0.25) is 5.15 Å². The van der Waals surface area contributed by atoms with Crippen molar-refractivity contribution >= 4 is 29.1 Å². The number of aromatic nitrogens is 1. The predicted molar refractivity (Wildman–Crippen MR) is 93.8 cm³/mol. The number of carbonyl (C=O) groups excluding carboxylic acids is 2. The maximum absolute atomic E-state index is 12.3. The minimum absolute atomic E-state index is 0.147. The molecule has 1 heterocycles. The Balaban J connectivity index is 1.95. The standard InChI is InChI=1S/C17H19ClN4O2/c1-11(22(2)10-12-3-8-15(18)20-9-12)17(24)21-14-6-4-13(5-7-14)16(19)23/h3-9,11H,10H2,1-2H3,(H2,19,23)(H,21,24). The molecule has 1 aromatic carbocycles. The molecule has 126 valence electrons. The highest BCUT2D eigenvalue weighted by atomic mass is 35.5. The number of nitrogens with one attached hydrogen (secondary N) is 1. The highest BCUT2D eigenvalue weighted by Gasteiger charge is 2.18. The first-order chi connectivity index (χ1) is 11.4. The lowest BCUT2D eigenvalue weighted by atomic mass is 10.2. The molecule has 24 heavy (non-hydrogen) atoms. The van der Waals surface area contributed by atoms with Crippen LogP contribution >= 0.6 is 11.6 Å². The molecule has 1 unspecified atom stereocenters. The van der Waals surface area contributed by atoms with Gasteiger partial charge in [0, 0.05) is 24.0 Å².